The molecule has 8 nitrogen and oxygen atoms in total. The van der Waals surface area contributed by atoms with Gasteiger partial charge in [0.2, 0.25) is 11.8 Å². The Hall–Kier alpha value is -2.87. The van der Waals surface area contributed by atoms with E-state index in [-0.39, 0.29) is 30.0 Å². The summed E-state index contributed by atoms with van der Waals surface area (Å²) in [7, 11) is 1.33. The molecule has 136 valence electrons. The molecule has 0 unspecified atom stereocenters. The Morgan fingerprint density at radius 1 is 1.35 bits per heavy atom. The number of nitrogens with one attached hydrogen (secondary N) is 1. The first kappa shape index (κ1) is 17.9. The number of benzene rings is 1. The number of amides is 1. The lowest BCUT2D eigenvalue weighted by atomic mass is 9.99. The Kier molecular flexibility index (Phi) is 4.69. The summed E-state index contributed by atoms with van der Waals surface area (Å²) in [6.07, 6.45) is 0.457. The summed E-state index contributed by atoms with van der Waals surface area (Å²) in [5, 5.41) is 16.4. The molecule has 2 aromatic rings. The SMILES string of the molecule is CCC(=O)N1N=C(c2c(O)n(C)c(=O)[nH]c2=O)C[C@@H]1c1ccc(Cl)cc1. The Labute approximate surface area is 153 Å². The van der Waals surface area contributed by atoms with Gasteiger partial charge in [0, 0.05) is 24.9 Å². The number of halogens is 1. The van der Waals surface area contributed by atoms with Crippen molar-refractivity contribution in [3.05, 3.63) is 61.3 Å². The molecule has 2 N–H and O–H groups in total. The number of hydrogen-bond acceptors (Lipinski definition) is 5. The van der Waals surface area contributed by atoms with Gasteiger partial charge in [-0.1, -0.05) is 30.7 Å². The zero-order valence-corrected chi connectivity index (χ0v) is 14.9. The number of aromatic nitrogens is 2. The van der Waals surface area contributed by atoms with Gasteiger partial charge in [-0.3, -0.25) is 19.1 Å². The maximum absolute atomic E-state index is 12.3. The van der Waals surface area contributed by atoms with Gasteiger partial charge in [0.25, 0.3) is 5.56 Å². The maximum atomic E-state index is 12.3. The molecule has 3 rings (SSSR count). The molecule has 1 aliphatic rings. The molecular weight excluding hydrogens is 360 g/mol. The van der Waals surface area contributed by atoms with Gasteiger partial charge in [-0.25, -0.2) is 9.80 Å². The van der Waals surface area contributed by atoms with Crippen molar-refractivity contribution in [3.8, 4) is 5.88 Å². The number of aromatic hydroxyl groups is 1. The fourth-order valence-electron chi connectivity index (χ4n) is 2.87. The smallest absolute Gasteiger partial charge is 0.330 e. The van der Waals surface area contributed by atoms with Crippen LogP contribution in [-0.2, 0) is 11.8 Å². The number of hydrazone groups is 1. The minimum atomic E-state index is -0.745. The molecule has 0 spiro atoms. The van der Waals surface area contributed by atoms with E-state index in [2.05, 4.69) is 10.1 Å². The summed E-state index contributed by atoms with van der Waals surface area (Å²) in [6.45, 7) is 1.71. The van der Waals surface area contributed by atoms with Crippen LogP contribution in [0.2, 0.25) is 5.02 Å². The molecule has 1 atom stereocenters. The minimum Gasteiger partial charge on any atom is -0.494 e. The van der Waals surface area contributed by atoms with Crippen molar-refractivity contribution in [2.75, 3.05) is 0 Å². The zero-order valence-electron chi connectivity index (χ0n) is 14.2. The van der Waals surface area contributed by atoms with Crippen LogP contribution in [0.4, 0.5) is 0 Å². The Morgan fingerprint density at radius 2 is 2.00 bits per heavy atom. The summed E-state index contributed by atoms with van der Waals surface area (Å²) < 4.78 is 0.918. The molecule has 0 saturated carbocycles. The Morgan fingerprint density at radius 3 is 2.62 bits per heavy atom. The Bertz CT molecular complexity index is 1010. The van der Waals surface area contributed by atoms with E-state index >= 15 is 0 Å². The first-order chi connectivity index (χ1) is 12.3. The number of nitrogens with zero attached hydrogens (tertiary/aromatic N) is 3. The lowest BCUT2D eigenvalue weighted by Gasteiger charge is -2.21. The molecule has 2 heterocycles. The van der Waals surface area contributed by atoms with E-state index < -0.39 is 23.2 Å². The normalized spacial score (nSPS) is 16.7. The van der Waals surface area contributed by atoms with Crippen LogP contribution in [-0.4, -0.2) is 31.3 Å². The van der Waals surface area contributed by atoms with Crippen LogP contribution in [0, 0.1) is 0 Å². The van der Waals surface area contributed by atoms with Gasteiger partial charge in [0.15, 0.2) is 0 Å². The van der Waals surface area contributed by atoms with Gasteiger partial charge in [-0.05, 0) is 17.7 Å². The van der Waals surface area contributed by atoms with E-state index in [0.717, 1.165) is 10.1 Å². The van der Waals surface area contributed by atoms with Crippen molar-refractivity contribution >= 4 is 23.2 Å². The molecule has 0 radical (unpaired) electrons. The third-order valence-electron chi connectivity index (χ3n) is 4.31. The monoisotopic (exact) mass is 376 g/mol. The van der Waals surface area contributed by atoms with Crippen LogP contribution < -0.4 is 11.2 Å². The average molecular weight is 377 g/mol. The zero-order chi connectivity index (χ0) is 19.0. The highest BCUT2D eigenvalue weighted by Crippen LogP contribution is 2.34. The number of hydrogen-bond donors (Lipinski definition) is 2. The van der Waals surface area contributed by atoms with E-state index in [0.29, 0.717) is 5.02 Å². The van der Waals surface area contributed by atoms with Crippen molar-refractivity contribution in [1.29, 1.82) is 0 Å². The second-order valence-corrected chi connectivity index (χ2v) is 6.36. The number of aromatic amines is 1. The van der Waals surface area contributed by atoms with Gasteiger partial charge >= 0.3 is 5.69 Å². The van der Waals surface area contributed by atoms with E-state index in [1.807, 2.05) is 0 Å². The third-order valence-corrected chi connectivity index (χ3v) is 4.56. The standard InChI is InChI=1S/C17H17ClN4O4/c1-3-13(23)22-12(9-4-6-10(18)7-5-9)8-11(20-22)14-15(24)19-17(26)21(2)16(14)25/h4-7,12,25H,3,8H2,1-2H3,(H,19,24,26)/t12-/m1/s1. The first-order valence-electron chi connectivity index (χ1n) is 8.01. The predicted octanol–water partition coefficient (Wildman–Crippen LogP) is 1.52. The second kappa shape index (κ2) is 6.80. The van der Waals surface area contributed by atoms with Crippen molar-refractivity contribution < 1.29 is 9.90 Å². The minimum absolute atomic E-state index is 0.113. The predicted molar refractivity (Wildman–Crippen MR) is 96.5 cm³/mol. The fourth-order valence-corrected chi connectivity index (χ4v) is 2.99. The van der Waals surface area contributed by atoms with Crippen molar-refractivity contribution in [2.24, 2.45) is 12.1 Å². The summed E-state index contributed by atoms with van der Waals surface area (Å²) in [4.78, 5) is 38.3. The molecule has 1 aromatic heterocycles. The van der Waals surface area contributed by atoms with Crippen molar-refractivity contribution in [2.45, 2.75) is 25.8 Å². The van der Waals surface area contributed by atoms with E-state index in [4.69, 9.17) is 11.6 Å². The van der Waals surface area contributed by atoms with Gasteiger partial charge in [0.05, 0.1) is 11.8 Å². The van der Waals surface area contributed by atoms with E-state index in [1.165, 1.54) is 12.1 Å². The summed E-state index contributed by atoms with van der Waals surface area (Å²) in [5.74, 6) is -0.709. The highest BCUT2D eigenvalue weighted by atomic mass is 35.5. The average Bonchev–Trinajstić information content (AvgIpc) is 3.04. The molecule has 0 fully saturated rings. The highest BCUT2D eigenvalue weighted by molar-refractivity contribution is 6.30. The molecule has 9 heteroatoms. The third kappa shape index (κ3) is 3.03. The van der Waals surface area contributed by atoms with Crippen molar-refractivity contribution in [3.63, 3.8) is 0 Å². The van der Waals surface area contributed by atoms with Crippen LogP contribution in [0.3, 0.4) is 0 Å². The van der Waals surface area contributed by atoms with Gasteiger partial charge in [-0.15, -0.1) is 0 Å². The van der Waals surface area contributed by atoms with Crippen LogP contribution in [0.25, 0.3) is 0 Å². The lowest BCUT2D eigenvalue weighted by Crippen LogP contribution is -2.32. The molecule has 0 saturated heterocycles. The quantitative estimate of drug-likeness (QED) is 0.846. The summed E-state index contributed by atoms with van der Waals surface area (Å²) in [6, 6.07) is 6.56. The van der Waals surface area contributed by atoms with E-state index in [1.54, 1.807) is 31.2 Å². The summed E-state index contributed by atoms with van der Waals surface area (Å²) >= 11 is 5.92. The molecule has 1 amide bonds. The van der Waals surface area contributed by atoms with Crippen LogP contribution in [0.5, 0.6) is 5.88 Å². The molecule has 1 aliphatic heterocycles. The van der Waals surface area contributed by atoms with Gasteiger partial charge in [0.1, 0.15) is 5.56 Å². The topological polar surface area (TPSA) is 108 Å². The number of carbonyl (C=O) groups is 1. The van der Waals surface area contributed by atoms with Crippen LogP contribution in [0.1, 0.15) is 36.9 Å². The van der Waals surface area contributed by atoms with Crippen molar-refractivity contribution in [1.82, 2.24) is 14.6 Å². The second-order valence-electron chi connectivity index (χ2n) is 5.93. The van der Waals surface area contributed by atoms with Crippen LogP contribution in [0.15, 0.2) is 39.0 Å². The maximum Gasteiger partial charge on any atom is 0.330 e. The summed E-state index contributed by atoms with van der Waals surface area (Å²) in [5.41, 5.74) is -0.551. The molecular formula is C17H17ClN4O4. The molecule has 26 heavy (non-hydrogen) atoms. The van der Waals surface area contributed by atoms with Gasteiger partial charge in [-0.2, -0.15) is 5.10 Å². The van der Waals surface area contributed by atoms with Crippen LogP contribution >= 0.6 is 11.6 Å². The Balaban J connectivity index is 2.09. The fraction of sp³-hybridized carbons (Fsp3) is 0.294. The molecule has 0 aliphatic carbocycles. The first-order valence-corrected chi connectivity index (χ1v) is 8.39. The van der Waals surface area contributed by atoms with E-state index in [9.17, 15) is 19.5 Å². The molecule has 0 bridgehead atoms. The molecule has 1 aromatic carbocycles. The number of carbonyl (C=O) groups excluding carboxylic acids is 1. The number of H-pyrrole nitrogens is 1. The lowest BCUT2D eigenvalue weighted by molar-refractivity contribution is -0.132. The largest absolute Gasteiger partial charge is 0.494 e. The highest BCUT2D eigenvalue weighted by Gasteiger charge is 2.34. The van der Waals surface area contributed by atoms with Gasteiger partial charge < -0.3 is 5.11 Å². The number of rotatable bonds is 3.